The fraction of sp³-hybridized carbons (Fsp3) is 0.308. The van der Waals surface area contributed by atoms with Crippen LogP contribution in [0.4, 0.5) is 5.69 Å². The second-order valence-electron chi connectivity index (χ2n) is 3.98. The van der Waals surface area contributed by atoms with Crippen LogP contribution < -0.4 is 10.1 Å². The molecule has 0 saturated heterocycles. The summed E-state index contributed by atoms with van der Waals surface area (Å²) in [5.41, 5.74) is 0.520. The topological polar surface area (TPSA) is 72.5 Å². The lowest BCUT2D eigenvalue weighted by Gasteiger charge is -2.12. The number of carbonyl (C=O) groups is 1. The van der Waals surface area contributed by atoms with Gasteiger partial charge in [-0.1, -0.05) is 6.08 Å². The third kappa shape index (κ3) is 4.10. The highest BCUT2D eigenvalue weighted by Gasteiger charge is 2.26. The van der Waals surface area contributed by atoms with Crippen molar-refractivity contribution < 1.29 is 17.9 Å². The van der Waals surface area contributed by atoms with Gasteiger partial charge in [0.1, 0.15) is 11.0 Å². The van der Waals surface area contributed by atoms with Gasteiger partial charge in [-0.05, 0) is 31.2 Å². The first-order valence-corrected chi connectivity index (χ1v) is 7.39. The zero-order chi connectivity index (χ0) is 14.5. The van der Waals surface area contributed by atoms with E-state index in [4.69, 9.17) is 4.74 Å². The number of nitrogens with one attached hydrogen (secondary N) is 1. The molecule has 0 bridgehead atoms. The van der Waals surface area contributed by atoms with Crippen molar-refractivity contribution >= 4 is 21.4 Å². The van der Waals surface area contributed by atoms with Crippen LogP contribution in [0.5, 0.6) is 5.75 Å². The monoisotopic (exact) mass is 283 g/mol. The van der Waals surface area contributed by atoms with Gasteiger partial charge in [0.15, 0.2) is 9.84 Å². The quantitative estimate of drug-likeness (QED) is 0.805. The average molecular weight is 283 g/mol. The van der Waals surface area contributed by atoms with Gasteiger partial charge in [0.05, 0.1) is 12.9 Å². The molecule has 1 N–H and O–H groups in total. The Labute approximate surface area is 113 Å². The standard InChI is InChI=1S/C13H17NO4S/c1-4-9-19(16,17)10(2)13(15)14-11-5-7-12(18-3)8-6-11/h4-8,10H,1,9H2,2-3H3,(H,14,15). The summed E-state index contributed by atoms with van der Waals surface area (Å²) in [6, 6.07) is 6.64. The molecule has 0 saturated carbocycles. The Morgan fingerprint density at radius 3 is 2.47 bits per heavy atom. The van der Waals surface area contributed by atoms with Crippen molar-refractivity contribution in [3.05, 3.63) is 36.9 Å². The maximum atomic E-state index is 11.8. The first-order valence-electron chi connectivity index (χ1n) is 5.68. The molecule has 0 aliphatic carbocycles. The smallest absolute Gasteiger partial charge is 0.242 e. The number of rotatable bonds is 6. The molecule has 0 aliphatic heterocycles. The summed E-state index contributed by atoms with van der Waals surface area (Å²) in [5, 5.41) is 1.43. The summed E-state index contributed by atoms with van der Waals surface area (Å²) >= 11 is 0. The Morgan fingerprint density at radius 2 is 2.00 bits per heavy atom. The molecule has 0 fully saturated rings. The molecule has 0 heterocycles. The summed E-state index contributed by atoms with van der Waals surface area (Å²) in [6.45, 7) is 4.72. The minimum atomic E-state index is -3.50. The van der Waals surface area contributed by atoms with Crippen LogP contribution in [0.1, 0.15) is 6.92 Å². The van der Waals surface area contributed by atoms with E-state index in [2.05, 4.69) is 11.9 Å². The average Bonchev–Trinajstić information content (AvgIpc) is 2.38. The molecule has 1 atom stereocenters. The van der Waals surface area contributed by atoms with Crippen LogP contribution in [-0.2, 0) is 14.6 Å². The second kappa shape index (κ2) is 6.38. The predicted molar refractivity (Wildman–Crippen MR) is 75.1 cm³/mol. The van der Waals surface area contributed by atoms with E-state index in [0.29, 0.717) is 11.4 Å². The van der Waals surface area contributed by atoms with Crippen molar-refractivity contribution in [2.24, 2.45) is 0 Å². The molecule has 6 heteroatoms. The van der Waals surface area contributed by atoms with Crippen molar-refractivity contribution in [3.63, 3.8) is 0 Å². The molecule has 19 heavy (non-hydrogen) atoms. The molecule has 104 valence electrons. The molecule has 0 radical (unpaired) electrons. The zero-order valence-electron chi connectivity index (χ0n) is 10.9. The van der Waals surface area contributed by atoms with E-state index in [1.54, 1.807) is 24.3 Å². The van der Waals surface area contributed by atoms with Crippen LogP contribution >= 0.6 is 0 Å². The number of hydrogen-bond donors (Lipinski definition) is 1. The van der Waals surface area contributed by atoms with Crippen molar-refractivity contribution in [3.8, 4) is 5.75 Å². The highest BCUT2D eigenvalue weighted by atomic mass is 32.2. The number of sulfone groups is 1. The molecule has 1 unspecified atom stereocenters. The number of anilines is 1. The van der Waals surface area contributed by atoms with Crippen molar-refractivity contribution in [1.29, 1.82) is 0 Å². The first-order chi connectivity index (χ1) is 8.90. The fourth-order valence-corrected chi connectivity index (χ4v) is 2.39. The van der Waals surface area contributed by atoms with E-state index in [1.165, 1.54) is 20.1 Å². The van der Waals surface area contributed by atoms with Gasteiger partial charge < -0.3 is 10.1 Å². The number of hydrogen-bond acceptors (Lipinski definition) is 4. The Hall–Kier alpha value is -1.82. The Kier molecular flexibility index (Phi) is 5.11. The molecule has 0 spiro atoms. The fourth-order valence-electron chi connectivity index (χ4n) is 1.39. The second-order valence-corrected chi connectivity index (χ2v) is 6.34. The van der Waals surface area contributed by atoms with Crippen molar-refractivity contribution in [1.82, 2.24) is 0 Å². The number of benzene rings is 1. The molecule has 5 nitrogen and oxygen atoms in total. The molecule has 0 aliphatic rings. The van der Waals surface area contributed by atoms with Crippen LogP contribution in [0, 0.1) is 0 Å². The minimum absolute atomic E-state index is 0.218. The van der Waals surface area contributed by atoms with Crippen LogP contribution in [0.2, 0.25) is 0 Å². The van der Waals surface area contributed by atoms with E-state index in [1.807, 2.05) is 0 Å². The van der Waals surface area contributed by atoms with Gasteiger partial charge in [-0.3, -0.25) is 4.79 Å². The van der Waals surface area contributed by atoms with Gasteiger partial charge in [0, 0.05) is 5.69 Å². The summed E-state index contributed by atoms with van der Waals surface area (Å²) in [5.74, 6) is -0.123. The molecule has 1 amide bonds. The molecular weight excluding hydrogens is 266 g/mol. The SMILES string of the molecule is C=CCS(=O)(=O)C(C)C(=O)Nc1ccc(OC)cc1. The van der Waals surface area contributed by atoms with E-state index < -0.39 is 21.0 Å². The maximum Gasteiger partial charge on any atom is 0.242 e. The van der Waals surface area contributed by atoms with E-state index in [9.17, 15) is 13.2 Å². The third-order valence-corrected chi connectivity index (χ3v) is 4.61. The molecular formula is C13H17NO4S. The van der Waals surface area contributed by atoms with Crippen LogP contribution in [0.3, 0.4) is 0 Å². The number of methoxy groups -OCH3 is 1. The summed E-state index contributed by atoms with van der Waals surface area (Å²) < 4.78 is 28.4. The zero-order valence-corrected chi connectivity index (χ0v) is 11.7. The number of amides is 1. The van der Waals surface area contributed by atoms with Crippen LogP contribution in [0.25, 0.3) is 0 Å². The molecule has 0 aromatic heterocycles. The lowest BCUT2D eigenvalue weighted by Crippen LogP contribution is -2.33. The lowest BCUT2D eigenvalue weighted by molar-refractivity contribution is -0.115. The van der Waals surface area contributed by atoms with Gasteiger partial charge in [-0.25, -0.2) is 8.42 Å². The van der Waals surface area contributed by atoms with Crippen LogP contribution in [0.15, 0.2) is 36.9 Å². The number of carbonyl (C=O) groups excluding carboxylic acids is 1. The van der Waals surface area contributed by atoms with Crippen molar-refractivity contribution in [2.75, 3.05) is 18.2 Å². The molecule has 1 aromatic carbocycles. The number of ether oxygens (including phenoxy) is 1. The van der Waals surface area contributed by atoms with Crippen molar-refractivity contribution in [2.45, 2.75) is 12.2 Å². The predicted octanol–water partition coefficient (Wildman–Crippen LogP) is 1.62. The Balaban J connectivity index is 2.76. The Bertz CT molecular complexity index is 549. The molecule has 1 rings (SSSR count). The van der Waals surface area contributed by atoms with Gasteiger partial charge >= 0.3 is 0 Å². The summed E-state index contributed by atoms with van der Waals surface area (Å²) in [6.07, 6.45) is 1.27. The lowest BCUT2D eigenvalue weighted by atomic mass is 10.3. The minimum Gasteiger partial charge on any atom is -0.497 e. The highest BCUT2D eigenvalue weighted by molar-refractivity contribution is 7.92. The van der Waals surface area contributed by atoms with Gasteiger partial charge in [-0.15, -0.1) is 6.58 Å². The largest absolute Gasteiger partial charge is 0.497 e. The molecule has 1 aromatic rings. The van der Waals surface area contributed by atoms with E-state index in [0.717, 1.165) is 0 Å². The van der Waals surface area contributed by atoms with Crippen LogP contribution in [-0.4, -0.2) is 32.4 Å². The summed E-state index contributed by atoms with van der Waals surface area (Å²) in [4.78, 5) is 11.8. The van der Waals surface area contributed by atoms with E-state index in [-0.39, 0.29) is 5.75 Å². The third-order valence-electron chi connectivity index (χ3n) is 2.62. The Morgan fingerprint density at radius 1 is 1.42 bits per heavy atom. The first kappa shape index (κ1) is 15.2. The van der Waals surface area contributed by atoms with Gasteiger partial charge in [0.25, 0.3) is 0 Å². The normalized spacial score (nSPS) is 12.5. The highest BCUT2D eigenvalue weighted by Crippen LogP contribution is 2.16. The maximum absolute atomic E-state index is 11.8. The summed E-state index contributed by atoms with van der Waals surface area (Å²) in [7, 11) is -1.96. The van der Waals surface area contributed by atoms with Gasteiger partial charge in [-0.2, -0.15) is 0 Å². The van der Waals surface area contributed by atoms with E-state index >= 15 is 0 Å². The van der Waals surface area contributed by atoms with Gasteiger partial charge in [0.2, 0.25) is 5.91 Å².